The lowest BCUT2D eigenvalue weighted by atomic mass is 9.96. The van der Waals surface area contributed by atoms with E-state index in [2.05, 4.69) is 15.7 Å². The Balaban J connectivity index is 1.75. The first kappa shape index (κ1) is 19.3. The number of aromatic nitrogens is 2. The minimum Gasteiger partial charge on any atom is -0.358 e. The monoisotopic (exact) mass is 405 g/mol. The van der Waals surface area contributed by atoms with Gasteiger partial charge in [0.2, 0.25) is 5.91 Å². The van der Waals surface area contributed by atoms with Crippen molar-refractivity contribution >= 4 is 23.3 Å². The summed E-state index contributed by atoms with van der Waals surface area (Å²) in [6, 6.07) is 12.1. The van der Waals surface area contributed by atoms with Gasteiger partial charge in [0.25, 0.3) is 5.91 Å². The molecule has 0 spiro atoms. The van der Waals surface area contributed by atoms with Crippen LogP contribution in [0.4, 0.5) is 11.5 Å². The summed E-state index contributed by atoms with van der Waals surface area (Å²) < 4.78 is 1.42. The second-order valence-electron chi connectivity index (χ2n) is 6.90. The molecule has 9 heteroatoms. The number of anilines is 1. The third-order valence-corrected chi connectivity index (χ3v) is 4.92. The summed E-state index contributed by atoms with van der Waals surface area (Å²) in [5.74, 6) is -0.547. The molecule has 4 rings (SSSR count). The summed E-state index contributed by atoms with van der Waals surface area (Å²) in [5, 5.41) is 21.3. The van der Waals surface area contributed by atoms with Crippen LogP contribution in [-0.2, 0) is 11.2 Å². The molecule has 2 heterocycles. The Labute approximate surface area is 171 Å². The van der Waals surface area contributed by atoms with Crippen LogP contribution in [0.3, 0.4) is 0 Å². The number of fused-ring (bicyclic) bond motifs is 1. The van der Waals surface area contributed by atoms with Crippen molar-refractivity contribution in [1.29, 1.82) is 0 Å². The van der Waals surface area contributed by atoms with Gasteiger partial charge >= 0.3 is 5.82 Å². The average molecular weight is 405 g/mol. The van der Waals surface area contributed by atoms with Crippen molar-refractivity contribution in [3.05, 3.63) is 69.9 Å². The number of hydrogen-bond acceptors (Lipinski definition) is 5. The summed E-state index contributed by atoms with van der Waals surface area (Å²) >= 11 is 0. The van der Waals surface area contributed by atoms with Crippen molar-refractivity contribution < 1.29 is 14.5 Å². The average Bonchev–Trinajstić information content (AvgIpc) is 3.20. The lowest BCUT2D eigenvalue weighted by molar-refractivity contribution is -0.389. The molecule has 0 saturated carbocycles. The van der Waals surface area contributed by atoms with Gasteiger partial charge in [0, 0.05) is 24.2 Å². The molecule has 1 aliphatic heterocycles. The molecule has 1 aromatic heterocycles. The van der Waals surface area contributed by atoms with Gasteiger partial charge in [0.1, 0.15) is 5.56 Å². The summed E-state index contributed by atoms with van der Waals surface area (Å²) in [7, 11) is 0. The number of nitrogens with zero attached hydrogens (tertiary/aromatic N) is 3. The second-order valence-corrected chi connectivity index (χ2v) is 6.90. The molecule has 0 saturated heterocycles. The van der Waals surface area contributed by atoms with E-state index in [1.165, 1.54) is 4.68 Å². The highest BCUT2D eigenvalue weighted by Gasteiger charge is 2.25. The van der Waals surface area contributed by atoms with E-state index in [-0.39, 0.29) is 17.6 Å². The number of carbonyl (C=O) groups excluding carboxylic acids is 2. The van der Waals surface area contributed by atoms with Gasteiger partial charge in [-0.05, 0) is 52.8 Å². The standard InChI is InChI=1S/C21H19N5O4/c1-2-19(27)23-15-4-3-5-16(11-15)25-12-18(20(24-25)26(29)30)13-6-7-17-14(10-13)8-9-22-21(17)28/h3-7,10-12H,2,8-9H2,1H3,(H,22,28)(H,23,27). The van der Waals surface area contributed by atoms with E-state index in [4.69, 9.17) is 0 Å². The Morgan fingerprint density at radius 2 is 2.10 bits per heavy atom. The number of nitrogens with one attached hydrogen (secondary N) is 2. The molecule has 9 nitrogen and oxygen atoms in total. The van der Waals surface area contributed by atoms with E-state index in [9.17, 15) is 19.7 Å². The smallest absolute Gasteiger partial charge is 0.358 e. The van der Waals surface area contributed by atoms with E-state index >= 15 is 0 Å². The van der Waals surface area contributed by atoms with E-state index < -0.39 is 4.92 Å². The largest absolute Gasteiger partial charge is 0.398 e. The predicted octanol–water partition coefficient (Wildman–Crippen LogP) is 3.08. The highest BCUT2D eigenvalue weighted by molar-refractivity contribution is 5.97. The van der Waals surface area contributed by atoms with Crippen LogP contribution >= 0.6 is 0 Å². The highest BCUT2D eigenvalue weighted by atomic mass is 16.6. The Hall–Kier alpha value is -4.01. The van der Waals surface area contributed by atoms with E-state index in [0.29, 0.717) is 47.5 Å². The van der Waals surface area contributed by atoms with Crippen molar-refractivity contribution in [2.24, 2.45) is 0 Å². The molecule has 0 unspecified atom stereocenters. The van der Waals surface area contributed by atoms with Gasteiger partial charge in [-0.3, -0.25) is 9.59 Å². The van der Waals surface area contributed by atoms with Gasteiger partial charge in [-0.25, -0.2) is 0 Å². The summed E-state index contributed by atoms with van der Waals surface area (Å²) in [6.07, 6.45) is 2.59. The molecule has 152 valence electrons. The minimum absolute atomic E-state index is 0.127. The Kier molecular flexibility index (Phi) is 5.01. The molecular weight excluding hydrogens is 386 g/mol. The van der Waals surface area contributed by atoms with Gasteiger partial charge in [-0.2, -0.15) is 0 Å². The van der Waals surface area contributed by atoms with Crippen LogP contribution in [0.5, 0.6) is 0 Å². The van der Waals surface area contributed by atoms with Crippen molar-refractivity contribution in [1.82, 2.24) is 15.1 Å². The van der Waals surface area contributed by atoms with Crippen LogP contribution in [0.2, 0.25) is 0 Å². The first-order chi connectivity index (χ1) is 14.5. The lowest BCUT2D eigenvalue weighted by Gasteiger charge is -2.16. The summed E-state index contributed by atoms with van der Waals surface area (Å²) in [6.45, 7) is 2.29. The van der Waals surface area contributed by atoms with Gasteiger partial charge in [-0.1, -0.05) is 19.1 Å². The van der Waals surface area contributed by atoms with Crippen LogP contribution in [0, 0.1) is 10.1 Å². The topological polar surface area (TPSA) is 119 Å². The molecule has 2 aromatic carbocycles. The number of hydrogen-bond donors (Lipinski definition) is 2. The molecule has 2 amide bonds. The number of rotatable bonds is 5. The molecule has 3 aromatic rings. The van der Waals surface area contributed by atoms with Crippen LogP contribution in [0.1, 0.15) is 29.3 Å². The maximum absolute atomic E-state index is 12.0. The third-order valence-electron chi connectivity index (χ3n) is 4.92. The molecule has 30 heavy (non-hydrogen) atoms. The van der Waals surface area contributed by atoms with Crippen molar-refractivity contribution in [2.45, 2.75) is 19.8 Å². The zero-order valence-electron chi connectivity index (χ0n) is 16.2. The van der Waals surface area contributed by atoms with Crippen LogP contribution in [0.15, 0.2) is 48.7 Å². The molecule has 1 aliphatic rings. The number of carbonyl (C=O) groups is 2. The minimum atomic E-state index is -0.527. The maximum atomic E-state index is 12.0. The van der Waals surface area contributed by atoms with Gasteiger partial charge in [0.15, 0.2) is 0 Å². The fourth-order valence-corrected chi connectivity index (χ4v) is 3.41. The summed E-state index contributed by atoms with van der Waals surface area (Å²) in [5.41, 5.74) is 3.57. The third kappa shape index (κ3) is 3.64. The van der Waals surface area contributed by atoms with E-state index in [1.807, 2.05) is 0 Å². The van der Waals surface area contributed by atoms with Crippen molar-refractivity contribution in [3.63, 3.8) is 0 Å². The normalized spacial score (nSPS) is 12.8. The van der Waals surface area contributed by atoms with Crippen LogP contribution in [0.25, 0.3) is 16.8 Å². The molecule has 0 bridgehead atoms. The van der Waals surface area contributed by atoms with Gasteiger partial charge in [-0.15, -0.1) is 4.68 Å². The van der Waals surface area contributed by atoms with Gasteiger partial charge in [0.05, 0.1) is 17.0 Å². The van der Waals surface area contributed by atoms with Crippen molar-refractivity contribution in [2.75, 3.05) is 11.9 Å². The fourth-order valence-electron chi connectivity index (χ4n) is 3.41. The Morgan fingerprint density at radius 1 is 1.27 bits per heavy atom. The zero-order chi connectivity index (χ0) is 21.3. The lowest BCUT2D eigenvalue weighted by Crippen LogP contribution is -2.31. The Bertz CT molecular complexity index is 1170. The maximum Gasteiger partial charge on any atom is 0.398 e. The Morgan fingerprint density at radius 3 is 2.87 bits per heavy atom. The number of nitro groups is 1. The highest BCUT2D eigenvalue weighted by Crippen LogP contribution is 2.32. The van der Waals surface area contributed by atoms with E-state index in [0.717, 1.165) is 5.56 Å². The molecule has 0 radical (unpaired) electrons. The fraction of sp³-hybridized carbons (Fsp3) is 0.190. The molecule has 0 fully saturated rings. The number of amides is 2. The zero-order valence-corrected chi connectivity index (χ0v) is 16.2. The quantitative estimate of drug-likeness (QED) is 0.499. The predicted molar refractivity (Wildman–Crippen MR) is 111 cm³/mol. The molecule has 2 N–H and O–H groups in total. The number of benzene rings is 2. The van der Waals surface area contributed by atoms with E-state index in [1.54, 1.807) is 55.6 Å². The van der Waals surface area contributed by atoms with Crippen LogP contribution < -0.4 is 10.6 Å². The SMILES string of the molecule is CCC(=O)Nc1cccc(-n2cc(-c3ccc4c(c3)CCNC4=O)c([N+](=O)[O-])n2)c1. The molecule has 0 aliphatic carbocycles. The van der Waals surface area contributed by atoms with Gasteiger partial charge < -0.3 is 20.7 Å². The second kappa shape index (κ2) is 7.78. The molecular formula is C21H19N5O4. The van der Waals surface area contributed by atoms with Crippen molar-refractivity contribution in [3.8, 4) is 16.8 Å². The first-order valence-corrected chi connectivity index (χ1v) is 9.52. The van der Waals surface area contributed by atoms with Crippen LogP contribution in [-0.4, -0.2) is 33.1 Å². The first-order valence-electron chi connectivity index (χ1n) is 9.52. The summed E-state index contributed by atoms with van der Waals surface area (Å²) in [4.78, 5) is 34.7. The molecule has 0 atom stereocenters.